The summed E-state index contributed by atoms with van der Waals surface area (Å²) in [4.78, 5) is 23.9. The predicted molar refractivity (Wildman–Crippen MR) is 126 cm³/mol. The lowest BCUT2D eigenvalue weighted by Gasteiger charge is -2.27. The summed E-state index contributed by atoms with van der Waals surface area (Å²) in [6.45, 7) is 2.38. The molecular weight excluding hydrogens is 468 g/mol. The number of hydrogen-bond donors (Lipinski definition) is 2. The number of nitrogens with one attached hydrogen (secondary N) is 2. The Balaban J connectivity index is 1.71. The van der Waals surface area contributed by atoms with Gasteiger partial charge >= 0.3 is 6.03 Å². The highest BCUT2D eigenvalue weighted by Crippen LogP contribution is 2.40. The van der Waals surface area contributed by atoms with E-state index in [0.717, 1.165) is 21.7 Å². The van der Waals surface area contributed by atoms with Crippen LogP contribution < -0.4 is 5.32 Å². The topological polar surface area (TPSA) is 123 Å². The maximum atomic E-state index is 12.7. The van der Waals surface area contributed by atoms with Crippen molar-refractivity contribution in [2.75, 3.05) is 29.9 Å². The van der Waals surface area contributed by atoms with Crippen molar-refractivity contribution in [3.63, 3.8) is 0 Å². The molecule has 1 saturated heterocycles. The summed E-state index contributed by atoms with van der Waals surface area (Å²) in [5, 5.41) is 12.9. The molecule has 0 unspecified atom stereocenters. The lowest BCUT2D eigenvalue weighted by atomic mass is 10.1. The molecule has 32 heavy (non-hydrogen) atoms. The van der Waals surface area contributed by atoms with Crippen molar-refractivity contribution in [1.82, 2.24) is 14.9 Å². The van der Waals surface area contributed by atoms with Crippen molar-refractivity contribution in [2.24, 2.45) is 0 Å². The quantitative estimate of drug-likeness (QED) is 0.523. The van der Waals surface area contributed by atoms with Gasteiger partial charge in [-0.2, -0.15) is 5.26 Å². The minimum Gasteiger partial charge on any atom is -0.323 e. The van der Waals surface area contributed by atoms with E-state index >= 15 is 0 Å². The molecule has 0 bridgehead atoms. The molecule has 2 aromatic heterocycles. The molecule has 0 radical (unpaired) electrons. The Hall–Kier alpha value is -3.00. The number of pyridine rings is 1. The second-order valence-corrected chi connectivity index (χ2v) is 11.2. The molecule has 3 heterocycles. The molecule has 8 nitrogen and oxygen atoms in total. The van der Waals surface area contributed by atoms with Crippen LogP contribution in [0, 0.1) is 23.0 Å². The number of aryl methyl sites for hydroxylation is 1. The van der Waals surface area contributed by atoms with Crippen LogP contribution >= 0.6 is 22.9 Å². The SMILES string of the molecule is Cc1cc(-c2sc(NC(=O)N3CCS(=N)(=O)CC3)nc2-c2cccc(C#N)c2)cc(Cl)n1. The molecule has 0 atom stereocenters. The summed E-state index contributed by atoms with van der Waals surface area (Å²) in [6.07, 6.45) is 0. The third-order valence-electron chi connectivity index (χ3n) is 4.96. The Morgan fingerprint density at radius 2 is 2.00 bits per heavy atom. The number of aromatic nitrogens is 2. The minimum absolute atomic E-state index is 0.171. The van der Waals surface area contributed by atoms with Gasteiger partial charge in [0.15, 0.2) is 5.13 Å². The zero-order valence-electron chi connectivity index (χ0n) is 17.1. The maximum absolute atomic E-state index is 12.7. The molecule has 1 aromatic carbocycles. The fraction of sp³-hybridized carbons (Fsp3) is 0.238. The predicted octanol–water partition coefficient (Wildman–Crippen LogP) is 4.60. The highest BCUT2D eigenvalue weighted by atomic mass is 35.5. The molecule has 2 N–H and O–H groups in total. The molecule has 2 amide bonds. The van der Waals surface area contributed by atoms with E-state index in [4.69, 9.17) is 16.4 Å². The minimum atomic E-state index is -2.59. The first-order valence-corrected chi connectivity index (χ1v) is 12.8. The second-order valence-electron chi connectivity index (χ2n) is 7.35. The monoisotopic (exact) mass is 486 g/mol. The second kappa shape index (κ2) is 8.86. The van der Waals surface area contributed by atoms with E-state index in [9.17, 15) is 14.3 Å². The molecule has 0 saturated carbocycles. The molecule has 4 rings (SSSR count). The number of benzene rings is 1. The molecular formula is C21H19ClN6O2S2. The highest BCUT2D eigenvalue weighted by Gasteiger charge is 2.24. The molecule has 1 fully saturated rings. The van der Waals surface area contributed by atoms with Gasteiger partial charge in [0.25, 0.3) is 0 Å². The fourth-order valence-corrected chi connectivity index (χ4v) is 5.81. The Bertz CT molecular complexity index is 1310. The standard InChI is InChI=1S/C21H19ClN6O2S2/c1-13-9-16(11-17(22)25-13)19-18(15-4-2-3-14(10-15)12-23)26-20(31-19)27-21(29)28-5-7-32(24,30)8-6-28/h2-4,9-11,24H,5-8H2,1H3,(H,26,27,29). The van der Waals surface area contributed by atoms with Crippen molar-refractivity contribution in [1.29, 1.82) is 10.0 Å². The third kappa shape index (κ3) is 4.91. The Kier molecular flexibility index (Phi) is 6.15. The van der Waals surface area contributed by atoms with E-state index in [1.807, 2.05) is 19.1 Å². The van der Waals surface area contributed by atoms with Gasteiger partial charge in [0, 0.05) is 45.6 Å². The number of rotatable bonds is 3. The number of anilines is 1. The highest BCUT2D eigenvalue weighted by molar-refractivity contribution is 7.92. The zero-order chi connectivity index (χ0) is 22.9. The van der Waals surface area contributed by atoms with Crippen LogP contribution in [0.25, 0.3) is 21.7 Å². The number of nitriles is 1. The number of nitrogens with zero attached hydrogens (tertiary/aromatic N) is 4. The van der Waals surface area contributed by atoms with Crippen molar-refractivity contribution in [3.05, 3.63) is 52.8 Å². The number of urea groups is 1. The van der Waals surface area contributed by atoms with Crippen LogP contribution in [0.5, 0.6) is 0 Å². The Morgan fingerprint density at radius 1 is 1.25 bits per heavy atom. The molecule has 0 spiro atoms. The van der Waals surface area contributed by atoms with Crippen LogP contribution in [0.2, 0.25) is 5.15 Å². The van der Waals surface area contributed by atoms with Crippen LogP contribution in [0.3, 0.4) is 0 Å². The van der Waals surface area contributed by atoms with Gasteiger partial charge in [0.05, 0.1) is 22.2 Å². The van der Waals surface area contributed by atoms with Gasteiger partial charge in [-0.25, -0.2) is 19.0 Å². The maximum Gasteiger partial charge on any atom is 0.323 e. The van der Waals surface area contributed by atoms with Gasteiger partial charge in [-0.15, -0.1) is 0 Å². The van der Waals surface area contributed by atoms with Gasteiger partial charge in [-0.3, -0.25) is 10.1 Å². The first-order valence-electron chi connectivity index (χ1n) is 9.70. The van der Waals surface area contributed by atoms with E-state index in [-0.39, 0.29) is 30.6 Å². The molecule has 3 aromatic rings. The van der Waals surface area contributed by atoms with Gasteiger partial charge < -0.3 is 4.90 Å². The number of carbonyl (C=O) groups excluding carboxylic acids is 1. The van der Waals surface area contributed by atoms with Crippen molar-refractivity contribution in [2.45, 2.75) is 6.92 Å². The average molecular weight is 487 g/mol. The normalized spacial score (nSPS) is 15.2. The molecule has 11 heteroatoms. The van der Waals surface area contributed by atoms with E-state index in [0.29, 0.717) is 21.5 Å². The van der Waals surface area contributed by atoms with Crippen LogP contribution in [0.15, 0.2) is 36.4 Å². The largest absolute Gasteiger partial charge is 0.323 e. The van der Waals surface area contributed by atoms with Gasteiger partial charge in [-0.05, 0) is 36.8 Å². The number of hydrogen-bond acceptors (Lipinski definition) is 7. The van der Waals surface area contributed by atoms with Gasteiger partial charge in [-0.1, -0.05) is 35.1 Å². The number of amides is 2. The molecule has 1 aliphatic heterocycles. The first-order chi connectivity index (χ1) is 15.2. The number of carbonyl (C=O) groups is 1. The van der Waals surface area contributed by atoms with E-state index in [1.54, 1.807) is 29.2 Å². The van der Waals surface area contributed by atoms with Gasteiger partial charge in [0.2, 0.25) is 0 Å². The fourth-order valence-electron chi connectivity index (χ4n) is 3.36. The summed E-state index contributed by atoms with van der Waals surface area (Å²) < 4.78 is 19.5. The molecule has 1 aliphatic rings. The summed E-state index contributed by atoms with van der Waals surface area (Å²) >= 11 is 7.47. The van der Waals surface area contributed by atoms with Crippen LogP contribution in [0.4, 0.5) is 9.93 Å². The third-order valence-corrected chi connectivity index (χ3v) is 7.86. The summed E-state index contributed by atoms with van der Waals surface area (Å²) in [7, 11) is -2.59. The lowest BCUT2D eigenvalue weighted by molar-refractivity contribution is 0.216. The average Bonchev–Trinajstić information content (AvgIpc) is 3.17. The number of thiazole rings is 1. The number of halogens is 1. The van der Waals surface area contributed by atoms with Crippen molar-refractivity contribution < 1.29 is 9.00 Å². The van der Waals surface area contributed by atoms with Crippen molar-refractivity contribution >= 4 is 43.8 Å². The summed E-state index contributed by atoms with van der Waals surface area (Å²) in [6, 6.07) is 12.5. The van der Waals surface area contributed by atoms with Crippen molar-refractivity contribution in [3.8, 4) is 27.8 Å². The van der Waals surface area contributed by atoms with Gasteiger partial charge in [0.1, 0.15) is 5.15 Å². The first kappa shape index (κ1) is 22.2. The zero-order valence-corrected chi connectivity index (χ0v) is 19.5. The van der Waals surface area contributed by atoms with Crippen LogP contribution in [-0.2, 0) is 9.73 Å². The Labute approximate surface area is 194 Å². The van der Waals surface area contributed by atoms with E-state index in [1.165, 1.54) is 11.3 Å². The van der Waals surface area contributed by atoms with Crippen LogP contribution in [0.1, 0.15) is 11.3 Å². The van der Waals surface area contributed by atoms with E-state index < -0.39 is 9.73 Å². The lowest BCUT2D eigenvalue weighted by Crippen LogP contribution is -2.45. The summed E-state index contributed by atoms with van der Waals surface area (Å²) in [5.41, 5.74) is 3.42. The Morgan fingerprint density at radius 3 is 2.69 bits per heavy atom. The summed E-state index contributed by atoms with van der Waals surface area (Å²) in [5.74, 6) is 0.342. The molecule has 164 valence electrons. The van der Waals surface area contributed by atoms with E-state index in [2.05, 4.69) is 21.4 Å². The molecule has 0 aliphatic carbocycles. The smallest absolute Gasteiger partial charge is 0.323 e. The van der Waals surface area contributed by atoms with Crippen LogP contribution in [-0.4, -0.2) is 49.7 Å².